The highest BCUT2D eigenvalue weighted by molar-refractivity contribution is 5.25. The van der Waals surface area contributed by atoms with Crippen molar-refractivity contribution in [3.05, 3.63) is 23.9 Å². The summed E-state index contributed by atoms with van der Waals surface area (Å²) >= 11 is 0. The van der Waals surface area contributed by atoms with E-state index in [0.717, 1.165) is 6.42 Å². The molecular weight excluding hydrogens is 150 g/mol. The normalized spacial score (nSPS) is 28.5. The first kappa shape index (κ1) is 9.33. The zero-order chi connectivity index (χ0) is 9.19. The van der Waals surface area contributed by atoms with E-state index in [9.17, 15) is 0 Å². The quantitative estimate of drug-likeness (QED) is 0.621. The van der Waals surface area contributed by atoms with Gasteiger partial charge in [-0.15, -0.1) is 0 Å². The zero-order valence-corrected chi connectivity index (χ0v) is 8.29. The zero-order valence-electron chi connectivity index (χ0n) is 8.29. The molecule has 0 fully saturated rings. The minimum atomic E-state index is -0.0977. The lowest BCUT2D eigenvalue weighted by atomic mass is 9.96. The molecular formula is C10H17NO. The molecule has 1 aliphatic rings. The third-order valence-electron chi connectivity index (χ3n) is 2.31. The van der Waals surface area contributed by atoms with E-state index in [2.05, 4.69) is 30.1 Å². The van der Waals surface area contributed by atoms with Crippen LogP contribution in [0.15, 0.2) is 23.9 Å². The molecule has 1 aliphatic carbocycles. The Kier molecular flexibility index (Phi) is 2.58. The second-order valence-corrected chi connectivity index (χ2v) is 3.58. The van der Waals surface area contributed by atoms with Crippen LogP contribution >= 0.6 is 0 Å². The molecule has 0 heterocycles. The molecule has 0 spiro atoms. The van der Waals surface area contributed by atoms with E-state index in [-0.39, 0.29) is 5.60 Å². The van der Waals surface area contributed by atoms with Crippen molar-refractivity contribution in [1.82, 2.24) is 4.90 Å². The van der Waals surface area contributed by atoms with Gasteiger partial charge in [-0.25, -0.2) is 0 Å². The summed E-state index contributed by atoms with van der Waals surface area (Å²) in [6.07, 6.45) is 7.37. The fourth-order valence-corrected chi connectivity index (χ4v) is 1.19. The summed E-state index contributed by atoms with van der Waals surface area (Å²) in [5, 5.41) is 0. The number of rotatable bonds is 2. The molecule has 1 rings (SSSR count). The van der Waals surface area contributed by atoms with Gasteiger partial charge in [-0.2, -0.15) is 0 Å². The van der Waals surface area contributed by atoms with Crippen molar-refractivity contribution in [1.29, 1.82) is 0 Å². The smallest absolute Gasteiger partial charge is 0.0869 e. The minimum Gasteiger partial charge on any atom is -0.378 e. The van der Waals surface area contributed by atoms with Crippen molar-refractivity contribution >= 4 is 0 Å². The summed E-state index contributed by atoms with van der Waals surface area (Å²) in [6.45, 7) is 2.09. The van der Waals surface area contributed by atoms with Gasteiger partial charge in [0.05, 0.1) is 5.60 Å². The lowest BCUT2D eigenvalue weighted by molar-refractivity contribution is 0.0496. The first-order valence-electron chi connectivity index (χ1n) is 4.19. The van der Waals surface area contributed by atoms with Gasteiger partial charge >= 0.3 is 0 Å². The molecule has 0 aromatic carbocycles. The van der Waals surface area contributed by atoms with Gasteiger partial charge < -0.3 is 9.64 Å². The van der Waals surface area contributed by atoms with Crippen molar-refractivity contribution in [3.8, 4) is 0 Å². The van der Waals surface area contributed by atoms with Crippen LogP contribution in [0.5, 0.6) is 0 Å². The number of hydrogen-bond acceptors (Lipinski definition) is 2. The molecule has 1 unspecified atom stereocenters. The minimum absolute atomic E-state index is 0.0977. The topological polar surface area (TPSA) is 12.5 Å². The third kappa shape index (κ3) is 1.89. The number of hydrogen-bond donors (Lipinski definition) is 0. The Labute approximate surface area is 74.5 Å². The first-order chi connectivity index (χ1) is 5.57. The van der Waals surface area contributed by atoms with E-state index in [1.54, 1.807) is 7.11 Å². The van der Waals surface area contributed by atoms with Gasteiger partial charge in [-0.3, -0.25) is 0 Å². The number of ether oxygens (including phenoxy) is 1. The average molecular weight is 167 g/mol. The van der Waals surface area contributed by atoms with Gasteiger partial charge in [-0.1, -0.05) is 12.2 Å². The fourth-order valence-electron chi connectivity index (χ4n) is 1.19. The predicted octanol–water partition coefficient (Wildman–Crippen LogP) is 1.80. The number of allylic oxidation sites excluding steroid dienone is 1. The molecule has 0 radical (unpaired) electrons. The molecule has 2 heteroatoms. The number of methoxy groups -OCH3 is 1. The van der Waals surface area contributed by atoms with E-state index in [0.29, 0.717) is 0 Å². The molecule has 0 amide bonds. The Morgan fingerprint density at radius 1 is 1.50 bits per heavy atom. The molecule has 0 saturated heterocycles. The summed E-state index contributed by atoms with van der Waals surface area (Å²) < 4.78 is 5.36. The molecule has 0 saturated carbocycles. The summed E-state index contributed by atoms with van der Waals surface area (Å²) in [7, 11) is 5.84. The summed E-state index contributed by atoms with van der Waals surface area (Å²) in [5.41, 5.74) is 1.16. The Hall–Kier alpha value is -0.760. The van der Waals surface area contributed by atoms with Gasteiger partial charge in [0.2, 0.25) is 0 Å². The largest absolute Gasteiger partial charge is 0.378 e. The van der Waals surface area contributed by atoms with Crippen LogP contribution in [-0.4, -0.2) is 31.7 Å². The predicted molar refractivity (Wildman–Crippen MR) is 50.9 cm³/mol. The van der Waals surface area contributed by atoms with Gasteiger partial charge in [0.1, 0.15) is 0 Å². The van der Waals surface area contributed by atoms with Crippen LogP contribution in [0.1, 0.15) is 13.3 Å². The maximum atomic E-state index is 5.36. The molecule has 1 atom stereocenters. The van der Waals surface area contributed by atoms with Crippen molar-refractivity contribution in [2.75, 3.05) is 21.2 Å². The third-order valence-corrected chi connectivity index (χ3v) is 2.31. The van der Waals surface area contributed by atoms with Crippen LogP contribution in [0.3, 0.4) is 0 Å². The van der Waals surface area contributed by atoms with Crippen molar-refractivity contribution in [2.45, 2.75) is 18.9 Å². The van der Waals surface area contributed by atoms with E-state index in [1.807, 2.05) is 14.1 Å². The highest BCUT2D eigenvalue weighted by atomic mass is 16.5. The maximum absolute atomic E-state index is 5.36. The average Bonchev–Trinajstić information content (AvgIpc) is 2.05. The summed E-state index contributed by atoms with van der Waals surface area (Å²) in [4.78, 5) is 2.10. The van der Waals surface area contributed by atoms with Gasteiger partial charge in [0.25, 0.3) is 0 Å². The monoisotopic (exact) mass is 167 g/mol. The SMILES string of the molecule is COC1(C)C=CC(N(C)C)=CC1. The molecule has 0 aromatic heterocycles. The standard InChI is InChI=1S/C10H17NO/c1-10(12-4)7-5-9(6-8-10)11(2)3/h5-7H,8H2,1-4H3. The molecule has 12 heavy (non-hydrogen) atoms. The molecule has 0 aliphatic heterocycles. The first-order valence-corrected chi connectivity index (χ1v) is 4.19. The van der Waals surface area contributed by atoms with Crippen LogP contribution in [0.25, 0.3) is 0 Å². The summed E-state index contributed by atoms with van der Waals surface area (Å²) in [6, 6.07) is 0. The van der Waals surface area contributed by atoms with Crippen LogP contribution in [0, 0.1) is 0 Å². The van der Waals surface area contributed by atoms with Gasteiger partial charge in [0.15, 0.2) is 0 Å². The Morgan fingerprint density at radius 2 is 2.17 bits per heavy atom. The van der Waals surface area contributed by atoms with Crippen molar-refractivity contribution in [3.63, 3.8) is 0 Å². The van der Waals surface area contributed by atoms with E-state index >= 15 is 0 Å². The second kappa shape index (κ2) is 3.31. The summed E-state index contributed by atoms with van der Waals surface area (Å²) in [5.74, 6) is 0. The Balaban J connectivity index is 2.67. The van der Waals surface area contributed by atoms with E-state index in [4.69, 9.17) is 4.74 Å². The highest BCUT2D eigenvalue weighted by Gasteiger charge is 2.21. The second-order valence-electron chi connectivity index (χ2n) is 3.58. The van der Waals surface area contributed by atoms with E-state index in [1.165, 1.54) is 5.70 Å². The lowest BCUT2D eigenvalue weighted by Gasteiger charge is -2.28. The van der Waals surface area contributed by atoms with Crippen LogP contribution in [0.2, 0.25) is 0 Å². The number of likely N-dealkylation sites (N-methyl/N-ethyl adjacent to an activating group) is 1. The van der Waals surface area contributed by atoms with Crippen molar-refractivity contribution in [2.24, 2.45) is 0 Å². The van der Waals surface area contributed by atoms with Crippen molar-refractivity contribution < 1.29 is 4.74 Å². The molecule has 0 bridgehead atoms. The molecule has 0 aromatic rings. The highest BCUT2D eigenvalue weighted by Crippen LogP contribution is 2.23. The Morgan fingerprint density at radius 3 is 2.50 bits per heavy atom. The maximum Gasteiger partial charge on any atom is 0.0869 e. The lowest BCUT2D eigenvalue weighted by Crippen LogP contribution is -2.27. The van der Waals surface area contributed by atoms with Crippen LogP contribution in [-0.2, 0) is 4.74 Å². The molecule has 2 nitrogen and oxygen atoms in total. The molecule has 0 N–H and O–H groups in total. The van der Waals surface area contributed by atoms with E-state index < -0.39 is 0 Å². The number of nitrogens with zero attached hydrogens (tertiary/aromatic N) is 1. The molecule has 68 valence electrons. The van der Waals surface area contributed by atoms with Gasteiger partial charge in [-0.05, 0) is 13.0 Å². The van der Waals surface area contributed by atoms with Gasteiger partial charge in [0, 0.05) is 33.3 Å². The van der Waals surface area contributed by atoms with Crippen LogP contribution in [0.4, 0.5) is 0 Å². The fraction of sp³-hybridized carbons (Fsp3) is 0.600. The Bertz CT molecular complexity index is 218. The van der Waals surface area contributed by atoms with Crippen LogP contribution < -0.4 is 0 Å².